The molecule has 0 spiro atoms. The van der Waals surface area contributed by atoms with Gasteiger partial charge in [0.2, 0.25) is 0 Å². The first kappa shape index (κ1) is 33.2. The Morgan fingerprint density at radius 1 is 0.316 bits per heavy atom. The molecular formula is C55H38N2. The second kappa shape index (κ2) is 13.0. The third-order valence-electron chi connectivity index (χ3n) is 12.0. The molecule has 0 bridgehead atoms. The van der Waals surface area contributed by atoms with Crippen molar-refractivity contribution < 1.29 is 0 Å². The normalized spacial score (nSPS) is 12.9. The average Bonchev–Trinajstić information content (AvgIpc) is 3.52. The molecule has 268 valence electrons. The summed E-state index contributed by atoms with van der Waals surface area (Å²) in [6.07, 6.45) is 0. The molecule has 0 unspecified atom stereocenters. The van der Waals surface area contributed by atoms with E-state index in [9.17, 15) is 0 Å². The topological polar surface area (TPSA) is 25.8 Å². The number of nitrogens with zero attached hydrogens (tertiary/aromatic N) is 2. The van der Waals surface area contributed by atoms with Gasteiger partial charge in [0.25, 0.3) is 0 Å². The molecule has 0 radical (unpaired) electrons. The smallest absolute Gasteiger partial charge is 0.160 e. The van der Waals surface area contributed by atoms with Crippen molar-refractivity contribution in [2.24, 2.45) is 0 Å². The summed E-state index contributed by atoms with van der Waals surface area (Å²) in [5.41, 5.74) is 15.0. The van der Waals surface area contributed by atoms with Gasteiger partial charge in [-0.05, 0) is 95.0 Å². The molecule has 2 heteroatoms. The molecule has 0 aliphatic heterocycles. The summed E-state index contributed by atoms with van der Waals surface area (Å²) >= 11 is 0. The van der Waals surface area contributed by atoms with E-state index in [0.717, 1.165) is 33.6 Å². The van der Waals surface area contributed by atoms with Crippen LogP contribution in [0.4, 0.5) is 0 Å². The molecule has 0 N–H and O–H groups in total. The maximum atomic E-state index is 5.29. The second-order valence-electron chi connectivity index (χ2n) is 15.7. The van der Waals surface area contributed by atoms with E-state index in [1.54, 1.807) is 0 Å². The van der Waals surface area contributed by atoms with Crippen molar-refractivity contribution in [2.45, 2.75) is 19.3 Å². The molecule has 11 rings (SSSR count). The third kappa shape index (κ3) is 5.40. The largest absolute Gasteiger partial charge is 0.228 e. The minimum atomic E-state index is -0.185. The molecule has 2 nitrogen and oxygen atoms in total. The monoisotopic (exact) mass is 726 g/mol. The Labute approximate surface area is 332 Å². The Morgan fingerprint density at radius 3 is 1.68 bits per heavy atom. The number of hydrogen-bond acceptors (Lipinski definition) is 2. The summed E-state index contributed by atoms with van der Waals surface area (Å²) in [7, 11) is 0. The average molecular weight is 727 g/mol. The highest BCUT2D eigenvalue weighted by atomic mass is 14.9. The molecule has 0 saturated heterocycles. The Bertz CT molecular complexity index is 3210. The van der Waals surface area contributed by atoms with E-state index in [0.29, 0.717) is 5.82 Å². The van der Waals surface area contributed by atoms with E-state index in [1.165, 1.54) is 71.3 Å². The van der Waals surface area contributed by atoms with Gasteiger partial charge < -0.3 is 0 Å². The zero-order valence-electron chi connectivity index (χ0n) is 31.9. The lowest BCUT2D eigenvalue weighted by atomic mass is 9.77. The first-order chi connectivity index (χ1) is 28.0. The second-order valence-corrected chi connectivity index (χ2v) is 15.7. The molecule has 1 aliphatic carbocycles. The summed E-state index contributed by atoms with van der Waals surface area (Å²) in [5, 5.41) is 7.46. The molecule has 0 fully saturated rings. The minimum absolute atomic E-state index is 0.185. The highest BCUT2D eigenvalue weighted by Crippen LogP contribution is 2.55. The van der Waals surface area contributed by atoms with Gasteiger partial charge in [0.05, 0.1) is 11.4 Å². The van der Waals surface area contributed by atoms with E-state index in [-0.39, 0.29) is 5.41 Å². The van der Waals surface area contributed by atoms with Crippen LogP contribution in [0.15, 0.2) is 194 Å². The van der Waals surface area contributed by atoms with Gasteiger partial charge in [-0.2, -0.15) is 0 Å². The Balaban J connectivity index is 1.07. The van der Waals surface area contributed by atoms with Crippen molar-refractivity contribution in [3.05, 3.63) is 205 Å². The fraction of sp³-hybridized carbons (Fsp3) is 0.0545. The number of aromatic nitrogens is 2. The van der Waals surface area contributed by atoms with Crippen LogP contribution in [0, 0.1) is 0 Å². The van der Waals surface area contributed by atoms with Crippen LogP contribution in [0.1, 0.15) is 25.0 Å². The number of rotatable bonds is 5. The minimum Gasteiger partial charge on any atom is -0.228 e. The standard InChI is InChI=1S/C55H38N2/c1-55(2)52-42-21-9-8-15-36(42)28-29-49(52)48-25-13-24-47(53(48)55)45-30-31-46(44-23-11-10-22-43(44)45)51-34-50(56-54(57-51)37-16-4-3-5-17-37)41-20-12-19-39(33-41)40-27-26-35-14-6-7-18-38(35)32-40/h3-34H,1-2H3. The summed E-state index contributed by atoms with van der Waals surface area (Å²) in [6.45, 7) is 4.79. The van der Waals surface area contributed by atoms with Crippen molar-refractivity contribution in [3.63, 3.8) is 0 Å². The maximum absolute atomic E-state index is 5.29. The number of hydrogen-bond donors (Lipinski definition) is 0. The summed E-state index contributed by atoms with van der Waals surface area (Å²) in [6, 6.07) is 70.1. The van der Waals surface area contributed by atoms with Crippen molar-refractivity contribution in [3.8, 4) is 67.3 Å². The molecule has 0 amide bonds. The van der Waals surface area contributed by atoms with E-state index in [4.69, 9.17) is 9.97 Å². The Morgan fingerprint density at radius 2 is 0.860 bits per heavy atom. The van der Waals surface area contributed by atoms with Crippen LogP contribution < -0.4 is 0 Å². The molecule has 0 saturated carbocycles. The summed E-state index contributed by atoms with van der Waals surface area (Å²) < 4.78 is 0. The number of fused-ring (bicyclic) bond motifs is 7. The van der Waals surface area contributed by atoms with Crippen molar-refractivity contribution >= 4 is 32.3 Å². The Kier molecular flexibility index (Phi) is 7.55. The molecule has 1 aliphatic rings. The lowest BCUT2D eigenvalue weighted by Gasteiger charge is -2.26. The van der Waals surface area contributed by atoms with Gasteiger partial charge in [-0.1, -0.05) is 190 Å². The highest BCUT2D eigenvalue weighted by molar-refractivity contribution is 6.07. The lowest BCUT2D eigenvalue weighted by molar-refractivity contribution is 0.668. The first-order valence-corrected chi connectivity index (χ1v) is 19.7. The van der Waals surface area contributed by atoms with E-state index >= 15 is 0 Å². The maximum Gasteiger partial charge on any atom is 0.160 e. The van der Waals surface area contributed by atoms with E-state index < -0.39 is 0 Å². The van der Waals surface area contributed by atoms with Gasteiger partial charge in [-0.15, -0.1) is 0 Å². The molecule has 0 atom stereocenters. The van der Waals surface area contributed by atoms with Gasteiger partial charge in [0.15, 0.2) is 5.82 Å². The highest BCUT2D eigenvalue weighted by Gasteiger charge is 2.39. The summed E-state index contributed by atoms with van der Waals surface area (Å²) in [4.78, 5) is 10.5. The van der Waals surface area contributed by atoms with E-state index in [2.05, 4.69) is 202 Å². The zero-order chi connectivity index (χ0) is 38.1. The van der Waals surface area contributed by atoms with Crippen molar-refractivity contribution in [2.75, 3.05) is 0 Å². The van der Waals surface area contributed by atoms with Gasteiger partial charge in [-0.25, -0.2) is 9.97 Å². The van der Waals surface area contributed by atoms with Gasteiger partial charge >= 0.3 is 0 Å². The summed E-state index contributed by atoms with van der Waals surface area (Å²) in [5.74, 6) is 0.708. The molecule has 1 heterocycles. The van der Waals surface area contributed by atoms with Gasteiger partial charge in [0.1, 0.15) is 0 Å². The van der Waals surface area contributed by atoms with Crippen LogP contribution in [0.5, 0.6) is 0 Å². The third-order valence-corrected chi connectivity index (χ3v) is 12.0. The molecule has 9 aromatic carbocycles. The predicted molar refractivity (Wildman–Crippen MR) is 239 cm³/mol. The van der Waals surface area contributed by atoms with Crippen LogP contribution in [0.3, 0.4) is 0 Å². The zero-order valence-corrected chi connectivity index (χ0v) is 31.9. The molecular weight excluding hydrogens is 689 g/mol. The van der Waals surface area contributed by atoms with Crippen molar-refractivity contribution in [1.29, 1.82) is 0 Å². The van der Waals surface area contributed by atoms with Gasteiger partial charge in [0, 0.05) is 22.1 Å². The van der Waals surface area contributed by atoms with Crippen molar-refractivity contribution in [1.82, 2.24) is 9.97 Å². The van der Waals surface area contributed by atoms with E-state index in [1.807, 2.05) is 6.07 Å². The van der Waals surface area contributed by atoms with Crippen LogP contribution >= 0.6 is 0 Å². The molecule has 1 aromatic heterocycles. The molecule has 10 aromatic rings. The van der Waals surface area contributed by atoms with Crippen LogP contribution in [-0.4, -0.2) is 9.97 Å². The van der Waals surface area contributed by atoms with Crippen LogP contribution in [-0.2, 0) is 5.41 Å². The Hall–Kier alpha value is -7.16. The first-order valence-electron chi connectivity index (χ1n) is 19.7. The number of benzene rings is 9. The predicted octanol–water partition coefficient (Wildman–Crippen LogP) is 14.6. The fourth-order valence-electron chi connectivity index (χ4n) is 9.40. The quantitative estimate of drug-likeness (QED) is 0.176. The van der Waals surface area contributed by atoms with Gasteiger partial charge in [-0.3, -0.25) is 0 Å². The SMILES string of the molecule is CC1(C)c2c(cccc2-c2ccc(-c3cc(-c4cccc(-c5ccc6ccccc6c5)c4)nc(-c4ccccc4)n3)c3ccccc23)-c2ccc3ccccc3c21. The van der Waals surface area contributed by atoms with Crippen LogP contribution in [0.25, 0.3) is 99.6 Å². The lowest BCUT2D eigenvalue weighted by Crippen LogP contribution is -2.17. The fourth-order valence-corrected chi connectivity index (χ4v) is 9.40. The molecule has 57 heavy (non-hydrogen) atoms. The van der Waals surface area contributed by atoms with Crippen LogP contribution in [0.2, 0.25) is 0 Å².